The molecule has 0 fully saturated rings. The molecule has 0 radical (unpaired) electrons. The average Bonchev–Trinajstić information content (AvgIpc) is 2.06. The third-order valence-electron chi connectivity index (χ3n) is 2.57. The van der Waals surface area contributed by atoms with Crippen LogP contribution in [0.4, 0.5) is 0 Å². The second kappa shape index (κ2) is 3.07. The number of aryl methyl sites for hydroxylation is 2. The zero-order valence-electron chi connectivity index (χ0n) is 8.46. The molecule has 0 unspecified atom stereocenters. The molecule has 0 aromatic carbocycles. The van der Waals surface area contributed by atoms with E-state index in [2.05, 4.69) is 28.8 Å². The van der Waals surface area contributed by atoms with Gasteiger partial charge in [0.2, 0.25) is 0 Å². The third-order valence-corrected chi connectivity index (χ3v) is 2.57. The summed E-state index contributed by atoms with van der Waals surface area (Å²) in [5.74, 6) is 0.904. The van der Waals surface area contributed by atoms with Gasteiger partial charge in [-0.05, 0) is 20.9 Å². The second-order valence-corrected chi connectivity index (χ2v) is 3.77. The van der Waals surface area contributed by atoms with Gasteiger partial charge >= 0.3 is 0 Å². The summed E-state index contributed by atoms with van der Waals surface area (Å²) < 4.78 is 0. The molecule has 1 aliphatic heterocycles. The molecule has 1 aliphatic rings. The van der Waals surface area contributed by atoms with Gasteiger partial charge in [-0.1, -0.05) is 0 Å². The summed E-state index contributed by atoms with van der Waals surface area (Å²) in [6.07, 6.45) is 1.07. The van der Waals surface area contributed by atoms with Crippen LogP contribution in [0.3, 0.4) is 0 Å². The number of nitrogens with zero attached hydrogens (tertiary/aromatic N) is 3. The number of hydrogen-bond donors (Lipinski definition) is 0. The Morgan fingerprint density at radius 3 is 2.77 bits per heavy atom. The Morgan fingerprint density at radius 2 is 2.00 bits per heavy atom. The first-order valence-corrected chi connectivity index (χ1v) is 4.68. The van der Waals surface area contributed by atoms with Gasteiger partial charge in [-0.2, -0.15) is 0 Å². The first-order chi connectivity index (χ1) is 6.16. The fourth-order valence-electron chi connectivity index (χ4n) is 1.86. The van der Waals surface area contributed by atoms with Gasteiger partial charge in [0.15, 0.2) is 0 Å². The Morgan fingerprint density at radius 1 is 1.23 bits per heavy atom. The maximum absolute atomic E-state index is 4.47. The van der Waals surface area contributed by atoms with Crippen molar-refractivity contribution < 1.29 is 0 Å². The van der Waals surface area contributed by atoms with Crippen molar-refractivity contribution in [3.63, 3.8) is 0 Å². The summed E-state index contributed by atoms with van der Waals surface area (Å²) in [5, 5.41) is 0. The van der Waals surface area contributed by atoms with Crippen molar-refractivity contribution in [2.75, 3.05) is 13.6 Å². The van der Waals surface area contributed by atoms with Crippen molar-refractivity contribution in [3.05, 3.63) is 22.8 Å². The average molecular weight is 177 g/mol. The summed E-state index contributed by atoms with van der Waals surface area (Å²) in [7, 11) is 2.14. The van der Waals surface area contributed by atoms with Crippen LogP contribution in [0.2, 0.25) is 0 Å². The number of hydrogen-bond acceptors (Lipinski definition) is 3. The SMILES string of the molecule is Cc1nc(C)c2c(n1)CCN(C)C2. The molecule has 0 spiro atoms. The Balaban J connectivity index is 2.47. The van der Waals surface area contributed by atoms with Crippen molar-refractivity contribution in [1.82, 2.24) is 14.9 Å². The van der Waals surface area contributed by atoms with Gasteiger partial charge in [0, 0.05) is 30.8 Å². The lowest BCUT2D eigenvalue weighted by Crippen LogP contribution is -2.28. The van der Waals surface area contributed by atoms with Crippen LogP contribution in [0.1, 0.15) is 22.8 Å². The minimum atomic E-state index is 0.904. The minimum Gasteiger partial charge on any atom is -0.302 e. The van der Waals surface area contributed by atoms with Crippen LogP contribution >= 0.6 is 0 Å². The van der Waals surface area contributed by atoms with Crippen molar-refractivity contribution >= 4 is 0 Å². The van der Waals surface area contributed by atoms with E-state index in [0.717, 1.165) is 31.0 Å². The normalized spacial score (nSPS) is 17.2. The highest BCUT2D eigenvalue weighted by Crippen LogP contribution is 2.18. The van der Waals surface area contributed by atoms with E-state index in [0.29, 0.717) is 0 Å². The van der Waals surface area contributed by atoms with E-state index in [1.165, 1.54) is 11.3 Å². The highest BCUT2D eigenvalue weighted by atomic mass is 15.1. The molecule has 3 nitrogen and oxygen atoms in total. The zero-order valence-corrected chi connectivity index (χ0v) is 8.46. The molecule has 70 valence electrons. The summed E-state index contributed by atoms with van der Waals surface area (Å²) in [4.78, 5) is 11.2. The fourth-order valence-corrected chi connectivity index (χ4v) is 1.86. The van der Waals surface area contributed by atoms with Crippen molar-refractivity contribution in [3.8, 4) is 0 Å². The van der Waals surface area contributed by atoms with Crippen LogP contribution in [0, 0.1) is 13.8 Å². The first-order valence-electron chi connectivity index (χ1n) is 4.68. The van der Waals surface area contributed by atoms with Gasteiger partial charge in [0.1, 0.15) is 5.82 Å². The highest BCUT2D eigenvalue weighted by molar-refractivity contribution is 5.27. The molecule has 3 heteroatoms. The van der Waals surface area contributed by atoms with E-state index in [-0.39, 0.29) is 0 Å². The van der Waals surface area contributed by atoms with E-state index in [4.69, 9.17) is 0 Å². The highest BCUT2D eigenvalue weighted by Gasteiger charge is 2.17. The molecule has 0 atom stereocenters. The first kappa shape index (κ1) is 8.63. The van der Waals surface area contributed by atoms with Gasteiger partial charge in [0.05, 0.1) is 5.69 Å². The molecule has 0 amide bonds. The van der Waals surface area contributed by atoms with Crippen LogP contribution in [0.25, 0.3) is 0 Å². The molecule has 2 rings (SSSR count). The molecule has 1 aromatic heterocycles. The summed E-state index contributed by atoms with van der Waals surface area (Å²) in [6.45, 7) is 6.16. The molecule has 1 aromatic rings. The predicted octanol–water partition coefficient (Wildman–Crippen LogP) is 1.08. The third kappa shape index (κ3) is 1.56. The van der Waals surface area contributed by atoms with Crippen LogP contribution in [-0.2, 0) is 13.0 Å². The van der Waals surface area contributed by atoms with Crippen LogP contribution in [0.5, 0.6) is 0 Å². The largest absolute Gasteiger partial charge is 0.302 e. The van der Waals surface area contributed by atoms with Gasteiger partial charge in [-0.25, -0.2) is 9.97 Å². The van der Waals surface area contributed by atoms with Gasteiger partial charge in [-0.3, -0.25) is 0 Å². The Labute approximate surface area is 78.8 Å². The summed E-state index contributed by atoms with van der Waals surface area (Å²) in [6, 6.07) is 0. The maximum atomic E-state index is 4.47. The van der Waals surface area contributed by atoms with Crippen LogP contribution in [0.15, 0.2) is 0 Å². The van der Waals surface area contributed by atoms with E-state index < -0.39 is 0 Å². The minimum absolute atomic E-state index is 0.904. The van der Waals surface area contributed by atoms with Gasteiger partial charge in [0.25, 0.3) is 0 Å². The Hall–Kier alpha value is -0.960. The van der Waals surface area contributed by atoms with Crippen molar-refractivity contribution in [2.45, 2.75) is 26.8 Å². The van der Waals surface area contributed by atoms with E-state index in [9.17, 15) is 0 Å². The number of aromatic nitrogens is 2. The molecule has 0 aliphatic carbocycles. The Kier molecular flexibility index (Phi) is 2.04. The number of likely N-dealkylation sites (N-methyl/N-ethyl adjacent to an activating group) is 1. The summed E-state index contributed by atoms with van der Waals surface area (Å²) >= 11 is 0. The van der Waals surface area contributed by atoms with Crippen molar-refractivity contribution in [1.29, 1.82) is 0 Å². The molecule has 0 N–H and O–H groups in total. The van der Waals surface area contributed by atoms with E-state index in [1.807, 2.05) is 6.92 Å². The lowest BCUT2D eigenvalue weighted by molar-refractivity contribution is 0.307. The van der Waals surface area contributed by atoms with Crippen LogP contribution < -0.4 is 0 Å². The number of rotatable bonds is 0. The lowest BCUT2D eigenvalue weighted by Gasteiger charge is -2.25. The molecule has 0 bridgehead atoms. The molecular formula is C10H15N3. The van der Waals surface area contributed by atoms with Crippen molar-refractivity contribution in [2.24, 2.45) is 0 Å². The predicted molar refractivity (Wildman–Crippen MR) is 51.5 cm³/mol. The maximum Gasteiger partial charge on any atom is 0.125 e. The van der Waals surface area contributed by atoms with E-state index in [1.54, 1.807) is 0 Å². The molecule has 0 saturated heterocycles. The molecule has 13 heavy (non-hydrogen) atoms. The lowest BCUT2D eigenvalue weighted by atomic mass is 10.0. The van der Waals surface area contributed by atoms with Gasteiger partial charge in [-0.15, -0.1) is 0 Å². The summed E-state index contributed by atoms with van der Waals surface area (Å²) in [5.41, 5.74) is 3.73. The van der Waals surface area contributed by atoms with Gasteiger partial charge < -0.3 is 4.90 Å². The molecule has 0 saturated carbocycles. The fraction of sp³-hybridized carbons (Fsp3) is 0.600. The second-order valence-electron chi connectivity index (χ2n) is 3.77. The molecular weight excluding hydrogens is 162 g/mol. The smallest absolute Gasteiger partial charge is 0.125 e. The molecule has 2 heterocycles. The standard InChI is InChI=1S/C10H15N3/c1-7-9-6-13(3)5-4-10(9)12-8(2)11-7/h4-6H2,1-3H3. The number of fused-ring (bicyclic) bond motifs is 1. The topological polar surface area (TPSA) is 29.0 Å². The quantitative estimate of drug-likeness (QED) is 0.594. The zero-order chi connectivity index (χ0) is 9.42. The monoisotopic (exact) mass is 177 g/mol. The van der Waals surface area contributed by atoms with Crippen LogP contribution in [-0.4, -0.2) is 28.5 Å². The van der Waals surface area contributed by atoms with E-state index >= 15 is 0 Å². The Bertz CT molecular complexity index is 333.